The van der Waals surface area contributed by atoms with Crippen LogP contribution < -0.4 is 0 Å². The maximum Gasteiger partial charge on any atom is 0.409 e. The van der Waals surface area contributed by atoms with Crippen LogP contribution in [0.3, 0.4) is 0 Å². The van der Waals surface area contributed by atoms with Crippen molar-refractivity contribution in [3.05, 3.63) is 11.1 Å². The van der Waals surface area contributed by atoms with Crippen LogP contribution in [0.25, 0.3) is 0 Å². The Morgan fingerprint density at radius 2 is 1.95 bits per heavy atom. The second kappa shape index (κ2) is 6.45. The quantitative estimate of drug-likeness (QED) is 0.618. The summed E-state index contributed by atoms with van der Waals surface area (Å²) >= 11 is 3.49. The fourth-order valence-corrected chi connectivity index (χ4v) is 6.99. The molecule has 21 heavy (non-hydrogen) atoms. The molecular weight excluding hydrogens is 346 g/mol. The number of amides is 1. The first-order valence-corrected chi connectivity index (χ1v) is 11.5. The molecule has 0 aliphatic carbocycles. The molecule has 3 atom stereocenters. The van der Waals surface area contributed by atoms with Gasteiger partial charge in [0.15, 0.2) is 0 Å². The number of likely N-dealkylation sites (tertiary alicyclic amines) is 1. The molecule has 1 rings (SSSR count). The molecule has 1 amide bonds. The van der Waals surface area contributed by atoms with E-state index in [4.69, 9.17) is 4.74 Å². The van der Waals surface area contributed by atoms with Gasteiger partial charge in [0, 0.05) is 12.1 Å². The average molecular weight is 376 g/mol. The lowest BCUT2D eigenvalue weighted by Gasteiger charge is -2.44. The Kier molecular flexibility index (Phi) is 5.76. The molecule has 0 aromatic rings. The number of hydrogen-bond acceptors (Lipinski definition) is 2. The Labute approximate surface area is 139 Å². The molecule has 1 saturated heterocycles. The van der Waals surface area contributed by atoms with Gasteiger partial charge in [0.25, 0.3) is 0 Å². The van der Waals surface area contributed by atoms with E-state index in [0.717, 1.165) is 17.3 Å². The van der Waals surface area contributed by atoms with Crippen LogP contribution in [-0.2, 0) is 4.74 Å². The number of rotatable bonds is 3. The smallest absolute Gasteiger partial charge is 0.409 e. The maximum atomic E-state index is 12.2. The third-order valence-electron chi connectivity index (χ3n) is 5.57. The zero-order valence-corrected chi connectivity index (χ0v) is 17.1. The molecule has 122 valence electrons. The van der Waals surface area contributed by atoms with Crippen LogP contribution in [0.15, 0.2) is 11.1 Å². The molecule has 0 unspecified atom stereocenters. The standard InChI is InChI=1S/C16H30BrNO2Si/c1-11(17)9-13-14(21(7,8)16(3,4)5)10-12(2)18(13)15(19)20-6/h12-14H,1,9-10H2,2-8H3/t12-,13-,14-/m1/s1. The predicted octanol–water partition coefficient (Wildman–Crippen LogP) is 5.39. The minimum atomic E-state index is -1.56. The van der Waals surface area contributed by atoms with Gasteiger partial charge in [-0.15, -0.1) is 0 Å². The Bertz CT molecular complexity index is 417. The second-order valence-corrected chi connectivity index (χ2v) is 14.6. The van der Waals surface area contributed by atoms with Crippen molar-refractivity contribution in [1.82, 2.24) is 4.90 Å². The van der Waals surface area contributed by atoms with E-state index < -0.39 is 8.07 Å². The van der Waals surface area contributed by atoms with E-state index in [0.29, 0.717) is 10.6 Å². The molecule has 0 saturated carbocycles. The highest BCUT2D eigenvalue weighted by atomic mass is 79.9. The van der Waals surface area contributed by atoms with Crippen LogP contribution in [0, 0.1) is 0 Å². The molecular formula is C16H30BrNO2Si. The van der Waals surface area contributed by atoms with Crippen molar-refractivity contribution in [3.63, 3.8) is 0 Å². The topological polar surface area (TPSA) is 29.5 Å². The third-order valence-corrected chi connectivity index (χ3v) is 12.2. The molecule has 0 spiro atoms. The van der Waals surface area contributed by atoms with E-state index in [-0.39, 0.29) is 18.2 Å². The number of halogens is 1. The van der Waals surface area contributed by atoms with Gasteiger partial charge in [-0.25, -0.2) is 4.79 Å². The van der Waals surface area contributed by atoms with Gasteiger partial charge in [-0.05, 0) is 34.8 Å². The van der Waals surface area contributed by atoms with Crippen LogP contribution in [-0.4, -0.2) is 38.3 Å². The maximum absolute atomic E-state index is 12.2. The van der Waals surface area contributed by atoms with Gasteiger partial charge in [-0.1, -0.05) is 56.4 Å². The molecule has 0 bridgehead atoms. The summed E-state index contributed by atoms with van der Waals surface area (Å²) in [5.41, 5.74) is 0.556. The molecule has 1 aliphatic rings. The molecule has 1 aliphatic heterocycles. The molecule has 0 N–H and O–H groups in total. The molecule has 0 radical (unpaired) electrons. The lowest BCUT2D eigenvalue weighted by Crippen LogP contribution is -2.48. The van der Waals surface area contributed by atoms with Gasteiger partial charge in [0.1, 0.15) is 0 Å². The molecule has 3 nitrogen and oxygen atoms in total. The summed E-state index contributed by atoms with van der Waals surface area (Å²) in [7, 11) is -0.0884. The van der Waals surface area contributed by atoms with Gasteiger partial charge >= 0.3 is 6.09 Å². The number of carbonyl (C=O) groups is 1. The molecule has 0 aromatic carbocycles. The minimum Gasteiger partial charge on any atom is -0.453 e. The van der Waals surface area contributed by atoms with Gasteiger partial charge in [-0.2, -0.15) is 0 Å². The lowest BCUT2D eigenvalue weighted by atomic mass is 10.1. The normalized spacial score (nSPS) is 26.9. The van der Waals surface area contributed by atoms with Crippen LogP contribution in [0.4, 0.5) is 4.79 Å². The monoisotopic (exact) mass is 375 g/mol. The molecule has 1 fully saturated rings. The molecule has 5 heteroatoms. The zero-order valence-electron chi connectivity index (χ0n) is 14.5. The Balaban J connectivity index is 3.20. The highest BCUT2D eigenvalue weighted by Gasteiger charge is 2.53. The number of methoxy groups -OCH3 is 1. The fraction of sp³-hybridized carbons (Fsp3) is 0.812. The van der Waals surface area contributed by atoms with Crippen LogP contribution in [0.2, 0.25) is 23.7 Å². The summed E-state index contributed by atoms with van der Waals surface area (Å²) < 4.78 is 5.98. The lowest BCUT2D eigenvalue weighted by molar-refractivity contribution is 0.105. The number of hydrogen-bond donors (Lipinski definition) is 0. The van der Waals surface area contributed by atoms with Crippen molar-refractivity contribution in [2.45, 2.75) is 76.3 Å². The Morgan fingerprint density at radius 1 is 1.43 bits per heavy atom. The van der Waals surface area contributed by atoms with Gasteiger partial charge in [0.05, 0.1) is 15.2 Å². The van der Waals surface area contributed by atoms with E-state index in [9.17, 15) is 4.79 Å². The van der Waals surface area contributed by atoms with E-state index >= 15 is 0 Å². The number of ether oxygens (including phenoxy) is 1. The molecule has 1 heterocycles. The molecule has 0 aromatic heterocycles. The number of nitrogens with zero attached hydrogens (tertiary/aromatic N) is 1. The zero-order chi connectivity index (χ0) is 16.6. The van der Waals surface area contributed by atoms with Crippen molar-refractivity contribution < 1.29 is 9.53 Å². The summed E-state index contributed by atoms with van der Waals surface area (Å²) in [6.45, 7) is 18.0. The van der Waals surface area contributed by atoms with Gasteiger partial charge in [0.2, 0.25) is 0 Å². The summed E-state index contributed by atoms with van der Waals surface area (Å²) in [5.74, 6) is 0. The fourth-order valence-electron chi connectivity index (χ4n) is 3.38. The van der Waals surface area contributed by atoms with Gasteiger partial charge in [-0.3, -0.25) is 0 Å². The Morgan fingerprint density at radius 3 is 2.33 bits per heavy atom. The second-order valence-electron chi connectivity index (χ2n) is 7.83. The highest BCUT2D eigenvalue weighted by Crippen LogP contribution is 2.52. The SMILES string of the molecule is C=C(Br)C[C@@H]1[C@H]([Si](C)(C)C(C)(C)C)C[C@@H](C)N1C(=O)OC. The highest BCUT2D eigenvalue weighted by molar-refractivity contribution is 9.11. The third kappa shape index (κ3) is 3.73. The van der Waals surface area contributed by atoms with E-state index in [2.05, 4.69) is 63.3 Å². The van der Waals surface area contributed by atoms with Crippen LogP contribution in [0.1, 0.15) is 40.5 Å². The minimum absolute atomic E-state index is 0.195. The van der Waals surface area contributed by atoms with Crippen molar-refractivity contribution in [2.24, 2.45) is 0 Å². The summed E-state index contributed by atoms with van der Waals surface area (Å²) in [4.78, 5) is 14.2. The average Bonchev–Trinajstić information content (AvgIpc) is 2.63. The van der Waals surface area contributed by atoms with E-state index in [1.165, 1.54) is 7.11 Å². The number of carbonyl (C=O) groups excluding carboxylic acids is 1. The summed E-state index contributed by atoms with van der Waals surface area (Å²) in [5, 5.41) is 0.301. The Hall–Kier alpha value is -0.293. The van der Waals surface area contributed by atoms with Crippen LogP contribution in [0.5, 0.6) is 0 Å². The van der Waals surface area contributed by atoms with E-state index in [1.54, 1.807) is 0 Å². The first kappa shape index (κ1) is 18.8. The summed E-state index contributed by atoms with van der Waals surface area (Å²) in [6.07, 6.45) is 1.66. The van der Waals surface area contributed by atoms with Crippen molar-refractivity contribution >= 4 is 30.1 Å². The van der Waals surface area contributed by atoms with E-state index in [1.807, 2.05) is 4.90 Å². The first-order chi connectivity index (χ1) is 9.43. The van der Waals surface area contributed by atoms with Crippen molar-refractivity contribution in [1.29, 1.82) is 0 Å². The van der Waals surface area contributed by atoms with Gasteiger partial charge < -0.3 is 9.64 Å². The van der Waals surface area contributed by atoms with Crippen molar-refractivity contribution in [3.8, 4) is 0 Å². The summed E-state index contributed by atoms with van der Waals surface area (Å²) in [6, 6.07) is 0.425. The predicted molar refractivity (Wildman–Crippen MR) is 95.7 cm³/mol. The first-order valence-electron chi connectivity index (χ1n) is 7.63. The van der Waals surface area contributed by atoms with Crippen LogP contribution >= 0.6 is 15.9 Å². The van der Waals surface area contributed by atoms with Crippen molar-refractivity contribution in [2.75, 3.05) is 7.11 Å². The largest absolute Gasteiger partial charge is 0.453 e.